The first-order chi connectivity index (χ1) is 39.3. The summed E-state index contributed by atoms with van der Waals surface area (Å²) in [4.78, 5) is 159. The number of unbranched alkanes of at least 4 members (excludes halogenated alkanes) is 1. The van der Waals surface area contributed by atoms with Crippen molar-refractivity contribution >= 4 is 82.6 Å². The molecule has 83 heavy (non-hydrogen) atoms. The molecule has 2 aromatic rings. The second-order valence-electron chi connectivity index (χ2n) is 20.1. The molecule has 0 aromatic heterocycles. The maximum atomic E-state index is 14.4. The molecule has 2 rings (SSSR count). The summed E-state index contributed by atoms with van der Waals surface area (Å²) in [5, 5.41) is 44.4. The number of amides is 12. The van der Waals surface area contributed by atoms with E-state index in [0.717, 1.165) is 0 Å². The van der Waals surface area contributed by atoms with E-state index in [2.05, 4.69) is 53.2 Å². The largest absolute Gasteiger partial charge is 0.394 e. The smallest absolute Gasteiger partial charge is 0.245 e. The van der Waals surface area contributed by atoms with Gasteiger partial charge in [0.15, 0.2) is 0 Å². The third-order valence-electron chi connectivity index (χ3n) is 12.6. The van der Waals surface area contributed by atoms with Gasteiger partial charge in [0.25, 0.3) is 0 Å². The van der Waals surface area contributed by atoms with Crippen LogP contribution in [0.2, 0.25) is 0 Å². The zero-order valence-electron chi connectivity index (χ0n) is 47.5. The third-order valence-corrected chi connectivity index (χ3v) is 13.2. The number of carbonyl (C=O) groups excluding carboxylic acids is 12. The number of carbonyl (C=O) groups is 12. The molecule has 1 radical (unpaired) electrons. The van der Waals surface area contributed by atoms with Crippen molar-refractivity contribution < 1.29 is 67.7 Å². The Hall–Kier alpha value is -7.73. The van der Waals surface area contributed by atoms with Gasteiger partial charge in [-0.05, 0) is 88.0 Å². The number of benzene rings is 2. The number of nitrogens with two attached hydrogens (primary N) is 3. The summed E-state index contributed by atoms with van der Waals surface area (Å²) < 4.78 is 0. The van der Waals surface area contributed by atoms with Crippen LogP contribution in [0.3, 0.4) is 0 Å². The van der Waals surface area contributed by atoms with Crippen molar-refractivity contribution in [2.45, 2.75) is 146 Å². The Bertz CT molecular complexity index is 2480. The first kappa shape index (κ1) is 71.4. The van der Waals surface area contributed by atoms with Gasteiger partial charge in [-0.25, -0.2) is 5.73 Å². The monoisotopic (exact) mass is 1180 g/mol. The fraction of sp³-hybridized carbons (Fsp3) is 0.556. The number of primary amides is 2. The molecule has 459 valence electrons. The summed E-state index contributed by atoms with van der Waals surface area (Å²) >= 11 is 1.45. The second-order valence-corrected chi connectivity index (χ2v) is 21.1. The van der Waals surface area contributed by atoms with Crippen molar-refractivity contribution in [1.82, 2.24) is 58.9 Å². The molecular weight excluding hydrogens is 1100 g/mol. The van der Waals surface area contributed by atoms with E-state index in [1.165, 1.54) is 25.6 Å². The minimum absolute atomic E-state index is 0.0465. The Kier molecular flexibility index (Phi) is 32.8. The maximum absolute atomic E-state index is 14.4. The second kappa shape index (κ2) is 38.1. The summed E-state index contributed by atoms with van der Waals surface area (Å²) in [6, 6.07) is 4.24. The lowest BCUT2D eigenvalue weighted by molar-refractivity contribution is -0.136. The molecule has 12 amide bonds. The third kappa shape index (κ3) is 27.7. The Morgan fingerprint density at radius 2 is 0.976 bits per heavy atom. The molecule has 0 heterocycles. The molecule has 0 bridgehead atoms. The summed E-state index contributed by atoms with van der Waals surface area (Å²) in [7, 11) is 0. The molecular formula is C54H83N14O14S. The van der Waals surface area contributed by atoms with E-state index in [4.69, 9.17) is 22.9 Å². The zero-order chi connectivity index (χ0) is 62.2. The number of thioether (sulfide) groups is 1. The van der Waals surface area contributed by atoms with E-state index in [0.29, 0.717) is 29.7 Å². The predicted molar refractivity (Wildman–Crippen MR) is 306 cm³/mol. The van der Waals surface area contributed by atoms with E-state index in [9.17, 15) is 67.7 Å². The first-order valence-electron chi connectivity index (χ1n) is 27.1. The lowest BCUT2D eigenvalue weighted by Gasteiger charge is -2.27. The van der Waals surface area contributed by atoms with Gasteiger partial charge in [0.2, 0.25) is 70.9 Å². The molecule has 0 spiro atoms. The lowest BCUT2D eigenvalue weighted by atomic mass is 10.0. The van der Waals surface area contributed by atoms with Gasteiger partial charge in [0, 0.05) is 19.3 Å². The summed E-state index contributed by atoms with van der Waals surface area (Å²) in [5.74, 6) is -10.1. The van der Waals surface area contributed by atoms with Gasteiger partial charge in [-0.1, -0.05) is 74.5 Å². The normalized spacial score (nSPS) is 14.6. The van der Waals surface area contributed by atoms with Gasteiger partial charge in [-0.2, -0.15) is 11.8 Å². The fourth-order valence-corrected chi connectivity index (χ4v) is 8.37. The molecule has 2 aromatic carbocycles. The number of hydrogen-bond acceptors (Lipinski definition) is 16. The van der Waals surface area contributed by atoms with Crippen molar-refractivity contribution in [2.24, 2.45) is 23.1 Å². The maximum Gasteiger partial charge on any atom is 0.245 e. The van der Waals surface area contributed by atoms with Crippen LogP contribution in [0.1, 0.15) is 83.8 Å². The van der Waals surface area contributed by atoms with Crippen LogP contribution in [0.25, 0.3) is 0 Å². The van der Waals surface area contributed by atoms with Gasteiger partial charge >= 0.3 is 0 Å². The minimum Gasteiger partial charge on any atom is -0.394 e. The molecule has 28 nitrogen and oxygen atoms in total. The van der Waals surface area contributed by atoms with Crippen LogP contribution < -0.4 is 76.1 Å². The topological polar surface area (TPSA) is 467 Å². The average molecular weight is 1180 g/mol. The van der Waals surface area contributed by atoms with Gasteiger partial charge in [-0.15, -0.1) is 0 Å². The van der Waals surface area contributed by atoms with Gasteiger partial charge < -0.3 is 80.6 Å². The number of rotatable bonds is 39. The molecule has 0 unspecified atom stereocenters. The van der Waals surface area contributed by atoms with Gasteiger partial charge in [-0.3, -0.25) is 57.5 Å². The highest BCUT2D eigenvalue weighted by Gasteiger charge is 2.34. The van der Waals surface area contributed by atoms with Crippen LogP contribution in [0, 0.1) is 5.92 Å². The van der Waals surface area contributed by atoms with Gasteiger partial charge in [0.1, 0.15) is 54.4 Å². The molecule has 0 fully saturated rings. The SMILES string of the molecule is CSCC[C@H](NC(=O)[C@H](CC(C)C)NC(=O)CNC(=O)[C@H](Cc1ccccc1)NC(=O)[C@H](Cc1ccccc1)NC(=O)[C@H](CCC(N)=O)NC(=O)[C@H](CO)NC(=O)[C@H](C)NC(=O)[C@H](CCCCN)NC(=O)CNC(=O)[C@@H]([NH])[C@@H](C)O)C(N)=O. The molecule has 0 aliphatic carbocycles. The quantitative estimate of drug-likeness (QED) is 0.0280. The van der Waals surface area contributed by atoms with Gasteiger partial charge in [0.05, 0.1) is 25.8 Å². The standard InChI is InChI=1S/C54H83N14O14S/c1-30(2)24-38(51(79)64-35(46(58)74)21-23-83-5)63-44(73)27-59-48(76)39(25-33-14-8-6-9-15-33)66-52(80)40(26-34-16-10-7-11-17-34)67-50(78)37(19-20-42(56)71)65-53(81)41(29-69)68-47(75)31(3)61-49(77)36(18-12-13-22-55)62-43(72)28-60-54(82)45(57)32(4)70/h6-11,14-17,30-32,35-41,45,57,69-70H,12-13,18-29,55H2,1-5H3,(H2,56,71)(H2,58,74)(H,59,76)(H,60,82)(H,61,77)(H,62,72)(H,63,73)(H,64,79)(H,65,81)(H,66,80)(H,67,78)(H,68,75)/t31-,32+,35-,36-,37-,38-,39-,40-,41-,45-/m0/s1. The summed E-state index contributed by atoms with van der Waals surface area (Å²) in [6.07, 6.45) is 0.572. The first-order valence-corrected chi connectivity index (χ1v) is 28.5. The summed E-state index contributed by atoms with van der Waals surface area (Å²) in [6.45, 7) is 4.02. The predicted octanol–water partition coefficient (Wildman–Crippen LogP) is -4.69. The summed E-state index contributed by atoms with van der Waals surface area (Å²) in [5.41, 5.74) is 25.3. The Balaban J connectivity index is 2.34. The van der Waals surface area contributed by atoms with Crippen molar-refractivity contribution in [3.05, 3.63) is 71.8 Å². The van der Waals surface area contributed by atoms with Crippen molar-refractivity contribution in [2.75, 3.05) is 38.2 Å². The molecule has 10 atom stereocenters. The van der Waals surface area contributed by atoms with E-state index in [-0.39, 0.29) is 44.6 Å². The fourth-order valence-electron chi connectivity index (χ4n) is 7.90. The van der Waals surface area contributed by atoms with Crippen molar-refractivity contribution in [3.63, 3.8) is 0 Å². The molecule has 0 saturated heterocycles. The van der Waals surface area contributed by atoms with Crippen LogP contribution in [0.15, 0.2) is 60.7 Å². The number of hydrogen-bond donors (Lipinski definition) is 15. The van der Waals surface area contributed by atoms with E-state index < -0.39 is 164 Å². The molecule has 0 aliphatic heterocycles. The van der Waals surface area contributed by atoms with Crippen molar-refractivity contribution in [1.29, 1.82) is 0 Å². The van der Waals surface area contributed by atoms with E-state index in [1.807, 2.05) is 20.1 Å². The number of nitrogens with one attached hydrogen (secondary N) is 11. The Morgan fingerprint density at radius 1 is 0.530 bits per heavy atom. The van der Waals surface area contributed by atoms with Crippen LogP contribution in [-0.4, -0.2) is 180 Å². The number of aliphatic hydroxyl groups excluding tert-OH is 2. The minimum atomic E-state index is -1.78. The van der Waals surface area contributed by atoms with Crippen LogP contribution in [-0.2, 0) is 70.4 Å². The zero-order valence-corrected chi connectivity index (χ0v) is 48.3. The van der Waals surface area contributed by atoms with Crippen LogP contribution in [0.5, 0.6) is 0 Å². The molecule has 29 heteroatoms. The van der Waals surface area contributed by atoms with E-state index >= 15 is 0 Å². The van der Waals surface area contributed by atoms with Crippen LogP contribution >= 0.6 is 11.8 Å². The Morgan fingerprint density at radius 3 is 1.47 bits per heavy atom. The Labute approximate surface area is 486 Å². The van der Waals surface area contributed by atoms with Crippen LogP contribution in [0.4, 0.5) is 0 Å². The number of aliphatic hydroxyl groups is 2. The lowest BCUT2D eigenvalue weighted by Crippen LogP contribution is -2.60. The highest BCUT2D eigenvalue weighted by atomic mass is 32.2. The molecule has 19 N–H and O–H groups in total. The van der Waals surface area contributed by atoms with E-state index in [1.54, 1.807) is 60.7 Å². The highest BCUT2D eigenvalue weighted by Crippen LogP contribution is 2.11. The van der Waals surface area contributed by atoms with Crippen molar-refractivity contribution in [3.8, 4) is 0 Å². The molecule has 0 aliphatic rings. The molecule has 0 saturated carbocycles. The highest BCUT2D eigenvalue weighted by molar-refractivity contribution is 7.98. The average Bonchev–Trinajstić information content (AvgIpc) is 3.47.